The Balaban J connectivity index is 3.29. The predicted molar refractivity (Wildman–Crippen MR) is 27.4 cm³/mol. The van der Waals surface area contributed by atoms with Crippen molar-refractivity contribution in [1.82, 2.24) is 0 Å². The molecule has 0 aliphatic carbocycles. The second kappa shape index (κ2) is 3.89. The van der Waals surface area contributed by atoms with E-state index in [1.165, 1.54) is 0 Å². The molecule has 0 radical (unpaired) electrons. The molecule has 0 aliphatic rings. The van der Waals surface area contributed by atoms with E-state index in [1.807, 2.05) is 0 Å². The Kier molecular flexibility index (Phi) is 3.84. The van der Waals surface area contributed by atoms with Crippen molar-refractivity contribution in [3.63, 3.8) is 0 Å². The van der Waals surface area contributed by atoms with E-state index in [2.05, 4.69) is 4.18 Å². The van der Waals surface area contributed by atoms with Crippen LogP contribution in [0, 0.1) is 0 Å². The molecule has 0 aromatic carbocycles. The minimum atomic E-state index is -4.33. The van der Waals surface area contributed by atoms with E-state index in [-0.39, 0.29) is 0 Å². The summed E-state index contributed by atoms with van der Waals surface area (Å²) in [5, 5.41) is 0. The Morgan fingerprint density at radius 2 is 2.00 bits per heavy atom. The minimum absolute atomic E-state index is 0.785. The first kappa shape index (κ1) is 9.86. The van der Waals surface area contributed by atoms with E-state index in [0.29, 0.717) is 0 Å². The van der Waals surface area contributed by atoms with Crippen molar-refractivity contribution < 1.29 is 26.1 Å². The van der Waals surface area contributed by atoms with E-state index in [9.17, 15) is 17.4 Å². The van der Waals surface area contributed by atoms with Gasteiger partial charge in [-0.25, -0.2) is 0 Å². The highest BCUT2D eigenvalue weighted by atomic mass is 32.2. The summed E-state index contributed by atoms with van der Waals surface area (Å²) in [6.07, 6.45) is -5.54. The molecule has 7 heteroatoms. The fraction of sp³-hybridized carbons (Fsp3) is 1.00. The molecule has 0 fully saturated rings. The molecule has 0 saturated carbocycles. The van der Waals surface area contributed by atoms with Crippen LogP contribution in [0.3, 0.4) is 0 Å². The van der Waals surface area contributed by atoms with E-state index in [1.54, 1.807) is 0 Å². The number of alkyl halides is 3. The van der Waals surface area contributed by atoms with Crippen LogP contribution in [0.5, 0.6) is 0 Å². The van der Waals surface area contributed by atoms with Crippen LogP contribution in [-0.4, -0.2) is 21.5 Å². The molecule has 3 nitrogen and oxygen atoms in total. The van der Waals surface area contributed by atoms with Crippen LogP contribution in [0.2, 0.25) is 0 Å². The number of halogens is 3. The average Bonchev–Trinajstić information content (AvgIpc) is 1.59. The lowest BCUT2D eigenvalue weighted by molar-refractivity contribution is -0.139. The minimum Gasteiger partial charge on any atom is -0.284 e. The maximum Gasteiger partial charge on any atom is 0.391 e. The molecule has 0 bridgehead atoms. The van der Waals surface area contributed by atoms with E-state index >= 15 is 0 Å². The highest BCUT2D eigenvalue weighted by Gasteiger charge is 2.26. The van der Waals surface area contributed by atoms with Gasteiger partial charge in [0.2, 0.25) is 0 Å². The summed E-state index contributed by atoms with van der Waals surface area (Å²) in [7, 11) is 0. The summed E-state index contributed by atoms with van der Waals surface area (Å²) in [6, 6.07) is 0. The maximum atomic E-state index is 11.2. The molecule has 0 heterocycles. The van der Waals surface area contributed by atoms with Crippen LogP contribution in [0.1, 0.15) is 6.42 Å². The maximum absolute atomic E-state index is 11.2. The summed E-state index contributed by atoms with van der Waals surface area (Å²) in [5.74, 6) is 0. The summed E-state index contributed by atoms with van der Waals surface area (Å²) in [4.78, 5) is 0. The molecular weight excluding hydrogens is 173 g/mol. The normalized spacial score (nSPS) is 15.2. The standard InChI is InChI=1S/C3H5F3O3S/c4-3(5,6)1-2-9-10(7)8/h1-2H2,(H,7,8). The zero-order chi connectivity index (χ0) is 8.20. The Bertz CT molecular complexity index is 123. The number of hydrogen-bond donors (Lipinski definition) is 1. The first-order chi connectivity index (χ1) is 4.42. The smallest absolute Gasteiger partial charge is 0.284 e. The topological polar surface area (TPSA) is 46.5 Å². The third-order valence-corrected chi connectivity index (χ3v) is 0.938. The van der Waals surface area contributed by atoms with Crippen molar-refractivity contribution >= 4 is 11.4 Å². The molecule has 0 aromatic rings. The van der Waals surface area contributed by atoms with Gasteiger partial charge in [-0.05, 0) is 0 Å². The van der Waals surface area contributed by atoms with Gasteiger partial charge in [-0.1, -0.05) is 0 Å². The Morgan fingerprint density at radius 3 is 2.30 bits per heavy atom. The molecule has 0 aromatic heterocycles. The molecule has 0 rings (SSSR count). The van der Waals surface area contributed by atoms with Crippen LogP contribution in [0.4, 0.5) is 13.2 Å². The summed E-state index contributed by atoms with van der Waals surface area (Å²) >= 11 is -2.60. The van der Waals surface area contributed by atoms with Crippen molar-refractivity contribution in [3.8, 4) is 0 Å². The van der Waals surface area contributed by atoms with Gasteiger partial charge in [0, 0.05) is 0 Å². The lowest BCUT2D eigenvalue weighted by atomic mass is 10.5. The van der Waals surface area contributed by atoms with Crippen LogP contribution in [-0.2, 0) is 15.5 Å². The quantitative estimate of drug-likeness (QED) is 0.658. The van der Waals surface area contributed by atoms with Gasteiger partial charge in [0.15, 0.2) is 0 Å². The van der Waals surface area contributed by atoms with Gasteiger partial charge in [0.25, 0.3) is 0 Å². The van der Waals surface area contributed by atoms with Crippen molar-refractivity contribution in [2.24, 2.45) is 0 Å². The number of rotatable bonds is 3. The fourth-order valence-corrected chi connectivity index (χ4v) is 0.455. The van der Waals surface area contributed by atoms with Crippen molar-refractivity contribution in [1.29, 1.82) is 0 Å². The van der Waals surface area contributed by atoms with E-state index in [4.69, 9.17) is 4.55 Å². The van der Waals surface area contributed by atoms with Gasteiger partial charge in [-0.15, -0.1) is 0 Å². The Hall–Kier alpha value is -0.140. The van der Waals surface area contributed by atoms with Gasteiger partial charge >= 0.3 is 17.5 Å². The van der Waals surface area contributed by atoms with E-state index < -0.39 is 30.6 Å². The van der Waals surface area contributed by atoms with Gasteiger partial charge in [0.05, 0.1) is 13.0 Å². The molecule has 1 unspecified atom stereocenters. The summed E-state index contributed by atoms with van der Waals surface area (Å²) in [5.41, 5.74) is 0. The number of hydrogen-bond acceptors (Lipinski definition) is 2. The summed E-state index contributed by atoms with van der Waals surface area (Å²) < 4.78 is 54.9. The molecule has 0 saturated heterocycles. The molecule has 1 N–H and O–H groups in total. The average molecular weight is 178 g/mol. The third-order valence-electron chi connectivity index (χ3n) is 0.570. The first-order valence-corrected chi connectivity index (χ1v) is 3.26. The van der Waals surface area contributed by atoms with Crippen LogP contribution < -0.4 is 0 Å². The molecule has 10 heavy (non-hydrogen) atoms. The van der Waals surface area contributed by atoms with Crippen molar-refractivity contribution in [3.05, 3.63) is 0 Å². The first-order valence-electron chi connectivity index (χ1n) is 2.23. The Labute approximate surface area is 57.7 Å². The van der Waals surface area contributed by atoms with Crippen molar-refractivity contribution in [2.45, 2.75) is 12.6 Å². The second-order valence-electron chi connectivity index (χ2n) is 1.40. The lowest BCUT2D eigenvalue weighted by Gasteiger charge is -2.03. The van der Waals surface area contributed by atoms with Crippen LogP contribution in [0.25, 0.3) is 0 Å². The predicted octanol–water partition coefficient (Wildman–Crippen LogP) is 1.09. The lowest BCUT2D eigenvalue weighted by Crippen LogP contribution is -2.12. The third kappa shape index (κ3) is 7.86. The molecule has 62 valence electrons. The van der Waals surface area contributed by atoms with Gasteiger partial charge in [0.1, 0.15) is 0 Å². The SMILES string of the molecule is O=S(O)OCCC(F)(F)F. The molecular formula is C3H5F3O3S. The van der Waals surface area contributed by atoms with Crippen molar-refractivity contribution in [2.75, 3.05) is 6.61 Å². The second-order valence-corrected chi connectivity index (χ2v) is 2.07. The monoisotopic (exact) mass is 178 g/mol. The zero-order valence-electron chi connectivity index (χ0n) is 4.72. The van der Waals surface area contributed by atoms with Crippen LogP contribution >= 0.6 is 0 Å². The molecule has 0 aliphatic heterocycles. The van der Waals surface area contributed by atoms with Gasteiger partial charge in [-0.2, -0.15) is 17.4 Å². The van der Waals surface area contributed by atoms with Gasteiger partial charge in [-0.3, -0.25) is 8.74 Å². The highest BCUT2D eigenvalue weighted by molar-refractivity contribution is 7.74. The zero-order valence-corrected chi connectivity index (χ0v) is 5.54. The van der Waals surface area contributed by atoms with Gasteiger partial charge < -0.3 is 0 Å². The highest BCUT2D eigenvalue weighted by Crippen LogP contribution is 2.18. The van der Waals surface area contributed by atoms with Crippen LogP contribution in [0.15, 0.2) is 0 Å². The Morgan fingerprint density at radius 1 is 1.50 bits per heavy atom. The summed E-state index contributed by atoms with van der Waals surface area (Å²) in [6.45, 7) is -0.785. The fourth-order valence-electron chi connectivity index (χ4n) is 0.229. The van der Waals surface area contributed by atoms with E-state index in [0.717, 1.165) is 0 Å². The molecule has 1 atom stereocenters. The molecule has 0 spiro atoms. The molecule has 0 amide bonds. The largest absolute Gasteiger partial charge is 0.391 e.